The first-order valence-corrected chi connectivity index (χ1v) is 8.68. The highest BCUT2D eigenvalue weighted by Crippen LogP contribution is 2.31. The van der Waals surface area contributed by atoms with Crippen molar-refractivity contribution in [3.8, 4) is 17.6 Å². The fourth-order valence-electron chi connectivity index (χ4n) is 2.01. The third kappa shape index (κ3) is 3.17. The van der Waals surface area contributed by atoms with E-state index in [2.05, 4.69) is 26.4 Å². The van der Waals surface area contributed by atoms with Crippen molar-refractivity contribution in [1.82, 2.24) is 19.6 Å². The van der Waals surface area contributed by atoms with Gasteiger partial charge in [-0.2, -0.15) is 5.26 Å². The van der Waals surface area contributed by atoms with Crippen LogP contribution in [0.5, 0.6) is 0 Å². The quantitative estimate of drug-likeness (QED) is 0.544. The lowest BCUT2D eigenvalue weighted by molar-refractivity contribution is 0.917. The second-order valence-corrected chi connectivity index (χ2v) is 6.15. The van der Waals surface area contributed by atoms with E-state index in [9.17, 15) is 5.26 Å². The van der Waals surface area contributed by atoms with E-state index in [4.69, 9.17) is 23.2 Å². The molecule has 0 amide bonds. The van der Waals surface area contributed by atoms with E-state index in [0.717, 1.165) is 0 Å². The van der Waals surface area contributed by atoms with Gasteiger partial charge in [-0.15, -0.1) is 0 Å². The van der Waals surface area contributed by atoms with Gasteiger partial charge in [0.05, 0.1) is 27.5 Å². The maximum Gasteiger partial charge on any atom is 0.187 e. The van der Waals surface area contributed by atoms with E-state index < -0.39 is 0 Å². The van der Waals surface area contributed by atoms with Crippen LogP contribution in [-0.2, 0) is 0 Å². The van der Waals surface area contributed by atoms with Crippen molar-refractivity contribution in [3.05, 3.63) is 52.4 Å². The van der Waals surface area contributed by atoms with Gasteiger partial charge in [0.15, 0.2) is 11.0 Å². The monoisotopic (exact) mass is 376 g/mol. The molecule has 1 N–H and O–H groups in total. The Hall–Kier alpha value is -2.27. The molecule has 0 fully saturated rings. The van der Waals surface area contributed by atoms with E-state index in [1.807, 2.05) is 6.26 Å². The van der Waals surface area contributed by atoms with Crippen LogP contribution in [0.2, 0.25) is 10.0 Å². The number of imidazole rings is 1. The maximum atomic E-state index is 9.31. The summed E-state index contributed by atoms with van der Waals surface area (Å²) < 4.78 is 1.61. The zero-order valence-electron chi connectivity index (χ0n) is 12.4. The van der Waals surface area contributed by atoms with Crippen LogP contribution in [0, 0.1) is 11.3 Å². The van der Waals surface area contributed by atoms with Crippen molar-refractivity contribution in [1.29, 1.82) is 5.26 Å². The first kappa shape index (κ1) is 16.6. The number of hydrogen-bond donors (Lipinski definition) is 1. The SMILES string of the molecule is CSc1ncc(C#N)c(-c2nccn2Nc2c(Cl)cccc2Cl)n1. The average Bonchev–Trinajstić information content (AvgIpc) is 3.05. The number of nitrogens with zero attached hydrogens (tertiary/aromatic N) is 5. The molecule has 0 aliphatic rings. The topological polar surface area (TPSA) is 79.4 Å². The number of nitrogens with one attached hydrogen (secondary N) is 1. The maximum absolute atomic E-state index is 9.31. The fourth-order valence-corrected chi connectivity index (χ4v) is 2.83. The van der Waals surface area contributed by atoms with Gasteiger partial charge in [-0.25, -0.2) is 19.6 Å². The molecule has 2 heterocycles. The molecule has 0 atom stereocenters. The number of halogens is 2. The van der Waals surface area contributed by atoms with Crippen LogP contribution in [0.15, 0.2) is 41.9 Å². The standard InChI is InChI=1S/C15H10Cl2N6S/c1-24-15-20-8-9(7-18)12(21-15)14-19-5-6-23(14)22-13-10(16)3-2-4-11(13)17/h2-6,8,22H,1H3. The molecule has 120 valence electrons. The second-order valence-electron chi connectivity index (χ2n) is 4.56. The van der Waals surface area contributed by atoms with E-state index in [-0.39, 0.29) is 0 Å². The number of thioether (sulfide) groups is 1. The summed E-state index contributed by atoms with van der Waals surface area (Å²) in [5.41, 5.74) is 4.38. The molecule has 0 spiro atoms. The van der Waals surface area contributed by atoms with Gasteiger partial charge in [0.1, 0.15) is 11.8 Å². The molecule has 1 aromatic carbocycles. The number of aromatic nitrogens is 4. The Bertz CT molecular complexity index is 914. The van der Waals surface area contributed by atoms with E-state index in [1.54, 1.807) is 35.3 Å². The van der Waals surface area contributed by atoms with Crippen molar-refractivity contribution >= 4 is 40.7 Å². The first-order chi connectivity index (χ1) is 11.6. The number of hydrogen-bond acceptors (Lipinski definition) is 6. The van der Waals surface area contributed by atoms with Crippen LogP contribution < -0.4 is 5.43 Å². The van der Waals surface area contributed by atoms with Gasteiger partial charge in [0, 0.05) is 12.4 Å². The van der Waals surface area contributed by atoms with Crippen molar-refractivity contribution in [3.63, 3.8) is 0 Å². The summed E-state index contributed by atoms with van der Waals surface area (Å²) >= 11 is 13.8. The van der Waals surface area contributed by atoms with Crippen LogP contribution in [0.3, 0.4) is 0 Å². The van der Waals surface area contributed by atoms with Crippen molar-refractivity contribution in [2.24, 2.45) is 0 Å². The van der Waals surface area contributed by atoms with Crippen LogP contribution >= 0.6 is 35.0 Å². The van der Waals surface area contributed by atoms with Gasteiger partial charge in [0.2, 0.25) is 0 Å². The van der Waals surface area contributed by atoms with Crippen molar-refractivity contribution < 1.29 is 0 Å². The van der Waals surface area contributed by atoms with Crippen LogP contribution in [0.4, 0.5) is 5.69 Å². The van der Waals surface area contributed by atoms with Gasteiger partial charge in [-0.1, -0.05) is 41.0 Å². The minimum atomic E-state index is 0.326. The summed E-state index contributed by atoms with van der Waals surface area (Å²) in [6.07, 6.45) is 6.63. The van der Waals surface area contributed by atoms with E-state index in [0.29, 0.717) is 38.0 Å². The van der Waals surface area contributed by atoms with E-state index in [1.165, 1.54) is 18.0 Å². The largest absolute Gasteiger partial charge is 0.290 e. The van der Waals surface area contributed by atoms with Crippen molar-refractivity contribution in [2.45, 2.75) is 5.16 Å². The molecule has 0 aliphatic carbocycles. The van der Waals surface area contributed by atoms with Crippen molar-refractivity contribution in [2.75, 3.05) is 11.7 Å². The first-order valence-electron chi connectivity index (χ1n) is 6.70. The summed E-state index contributed by atoms with van der Waals surface area (Å²) in [4.78, 5) is 12.8. The third-order valence-corrected chi connectivity index (χ3v) is 4.31. The molecule has 24 heavy (non-hydrogen) atoms. The molecule has 9 heteroatoms. The predicted octanol–water partition coefficient (Wildman–Crippen LogP) is 4.12. The molecule has 0 aliphatic heterocycles. The highest BCUT2D eigenvalue weighted by atomic mass is 35.5. The number of benzene rings is 1. The summed E-state index contributed by atoms with van der Waals surface area (Å²) in [6.45, 7) is 0. The zero-order valence-corrected chi connectivity index (χ0v) is 14.7. The second kappa shape index (κ2) is 7.09. The highest BCUT2D eigenvalue weighted by molar-refractivity contribution is 7.98. The predicted molar refractivity (Wildman–Crippen MR) is 95.2 cm³/mol. The highest BCUT2D eigenvalue weighted by Gasteiger charge is 2.16. The average molecular weight is 377 g/mol. The van der Waals surface area contributed by atoms with Crippen LogP contribution in [0.25, 0.3) is 11.5 Å². The molecule has 3 aromatic rings. The Kier molecular flexibility index (Phi) is 4.90. The number of rotatable bonds is 4. The molecule has 0 saturated carbocycles. The minimum Gasteiger partial charge on any atom is -0.290 e. The number of anilines is 1. The van der Waals surface area contributed by atoms with Gasteiger partial charge < -0.3 is 0 Å². The minimum absolute atomic E-state index is 0.326. The number of para-hydroxylation sites is 1. The molecular formula is C15H10Cl2N6S. The summed E-state index contributed by atoms with van der Waals surface area (Å²) in [6, 6.07) is 7.29. The van der Waals surface area contributed by atoms with Crippen LogP contribution in [-0.4, -0.2) is 25.9 Å². The van der Waals surface area contributed by atoms with Gasteiger partial charge >= 0.3 is 0 Å². The summed E-state index contributed by atoms with van der Waals surface area (Å²) in [5, 5.41) is 10.8. The normalized spacial score (nSPS) is 10.4. The molecule has 0 unspecified atom stereocenters. The molecule has 6 nitrogen and oxygen atoms in total. The third-order valence-electron chi connectivity index (χ3n) is 3.12. The Morgan fingerprint density at radius 2 is 2.00 bits per heavy atom. The zero-order chi connectivity index (χ0) is 17.1. The smallest absolute Gasteiger partial charge is 0.187 e. The Balaban J connectivity index is 2.08. The van der Waals surface area contributed by atoms with Crippen LogP contribution in [0.1, 0.15) is 5.56 Å². The molecule has 0 saturated heterocycles. The Morgan fingerprint density at radius 1 is 1.25 bits per heavy atom. The lowest BCUT2D eigenvalue weighted by Gasteiger charge is -2.14. The summed E-state index contributed by atoms with van der Waals surface area (Å²) in [7, 11) is 0. The lowest BCUT2D eigenvalue weighted by atomic mass is 10.2. The van der Waals surface area contributed by atoms with Gasteiger partial charge in [0.25, 0.3) is 0 Å². The Morgan fingerprint density at radius 3 is 2.67 bits per heavy atom. The molecule has 0 bridgehead atoms. The van der Waals surface area contributed by atoms with Gasteiger partial charge in [-0.05, 0) is 18.4 Å². The van der Waals surface area contributed by atoms with E-state index >= 15 is 0 Å². The van der Waals surface area contributed by atoms with Gasteiger partial charge in [-0.3, -0.25) is 5.43 Å². The number of nitriles is 1. The molecule has 2 aromatic heterocycles. The fraction of sp³-hybridized carbons (Fsp3) is 0.0667. The summed E-state index contributed by atoms with van der Waals surface area (Å²) in [5.74, 6) is 0.459. The lowest BCUT2D eigenvalue weighted by Crippen LogP contribution is -2.12. The molecule has 0 radical (unpaired) electrons. The Labute approximate surface area is 152 Å². The molecule has 3 rings (SSSR count). The molecular weight excluding hydrogens is 367 g/mol.